The number of anilines is 1. The van der Waals surface area contributed by atoms with Crippen LogP contribution >= 0.6 is 0 Å². The third-order valence-electron chi connectivity index (χ3n) is 3.90. The predicted octanol–water partition coefficient (Wildman–Crippen LogP) is 1.03. The minimum absolute atomic E-state index is 0.00611. The first kappa shape index (κ1) is 19.2. The molecule has 0 saturated heterocycles. The molecule has 1 N–H and O–H groups in total. The van der Waals surface area contributed by atoms with Gasteiger partial charge in [-0.25, -0.2) is 0 Å². The molecule has 0 aliphatic carbocycles. The molecule has 2 rings (SSSR count). The molecule has 1 aromatic rings. The van der Waals surface area contributed by atoms with Gasteiger partial charge in [-0.2, -0.15) is 0 Å². The Morgan fingerprint density at radius 1 is 1.42 bits per heavy atom. The molecule has 0 fully saturated rings. The molecule has 10 heteroatoms. The van der Waals surface area contributed by atoms with Crippen molar-refractivity contribution in [2.24, 2.45) is 0 Å². The zero-order valence-electron chi connectivity index (χ0n) is 14.4. The number of carbonyl (C=O) groups excluding carboxylic acids is 2. The zero-order valence-corrected chi connectivity index (χ0v) is 14.4. The van der Waals surface area contributed by atoms with E-state index in [0.717, 1.165) is 4.90 Å². The van der Waals surface area contributed by atoms with Crippen LogP contribution in [0.4, 0.5) is 11.4 Å². The summed E-state index contributed by atoms with van der Waals surface area (Å²) in [4.78, 5) is 48.4. The largest absolute Gasteiger partial charge is 0.482 e. The van der Waals surface area contributed by atoms with Crippen LogP contribution in [0.5, 0.6) is 5.75 Å². The van der Waals surface area contributed by atoms with Gasteiger partial charge in [0.2, 0.25) is 5.91 Å². The average Bonchev–Trinajstić information content (AvgIpc) is 2.56. The van der Waals surface area contributed by atoms with Crippen LogP contribution in [-0.2, 0) is 14.4 Å². The number of nitrogens with zero attached hydrogens (tertiary/aromatic N) is 3. The van der Waals surface area contributed by atoms with Crippen molar-refractivity contribution >= 4 is 29.2 Å². The quantitative estimate of drug-likeness (QED) is 0.564. The summed E-state index contributed by atoms with van der Waals surface area (Å²) in [6.45, 7) is 2.84. The molecule has 1 heterocycles. The Labute approximate surface area is 149 Å². The van der Waals surface area contributed by atoms with Crippen molar-refractivity contribution in [1.29, 1.82) is 0 Å². The van der Waals surface area contributed by atoms with Gasteiger partial charge in [0.1, 0.15) is 12.3 Å². The molecule has 1 aromatic carbocycles. The maximum atomic E-state index is 12.6. The van der Waals surface area contributed by atoms with Crippen LogP contribution in [0.15, 0.2) is 18.2 Å². The molecule has 0 bridgehead atoms. The Morgan fingerprint density at radius 3 is 2.69 bits per heavy atom. The van der Waals surface area contributed by atoms with Crippen molar-refractivity contribution in [3.63, 3.8) is 0 Å². The van der Waals surface area contributed by atoms with Crippen LogP contribution in [0.3, 0.4) is 0 Å². The number of nitro groups is 1. The van der Waals surface area contributed by atoms with Crippen LogP contribution in [0.2, 0.25) is 0 Å². The van der Waals surface area contributed by atoms with Crippen molar-refractivity contribution in [3.8, 4) is 5.75 Å². The minimum Gasteiger partial charge on any atom is -0.482 e. The minimum atomic E-state index is -1.04. The molecule has 2 amide bonds. The van der Waals surface area contributed by atoms with Gasteiger partial charge in [-0.3, -0.25) is 29.4 Å². The molecular weight excluding hydrogens is 346 g/mol. The number of nitro benzene ring substituents is 1. The number of benzene rings is 1. The summed E-state index contributed by atoms with van der Waals surface area (Å²) in [7, 11) is 0. The van der Waals surface area contributed by atoms with Crippen molar-refractivity contribution in [2.75, 3.05) is 24.6 Å². The zero-order chi connectivity index (χ0) is 19.4. The number of hydrogen-bond acceptors (Lipinski definition) is 6. The molecule has 0 unspecified atom stereocenters. The fourth-order valence-corrected chi connectivity index (χ4v) is 2.59. The molecule has 140 valence electrons. The molecule has 0 spiro atoms. The molecular formula is C16H19N3O7. The van der Waals surface area contributed by atoms with E-state index in [4.69, 9.17) is 9.84 Å². The highest BCUT2D eigenvalue weighted by Crippen LogP contribution is 2.35. The number of carboxylic acids is 1. The van der Waals surface area contributed by atoms with E-state index >= 15 is 0 Å². The van der Waals surface area contributed by atoms with Gasteiger partial charge >= 0.3 is 5.97 Å². The number of rotatable bonds is 7. The fourth-order valence-electron chi connectivity index (χ4n) is 2.59. The molecule has 26 heavy (non-hydrogen) atoms. The van der Waals surface area contributed by atoms with E-state index < -0.39 is 22.7 Å². The number of fused-ring (bicyclic) bond motifs is 1. The van der Waals surface area contributed by atoms with E-state index in [1.54, 1.807) is 13.8 Å². The Morgan fingerprint density at radius 2 is 2.12 bits per heavy atom. The number of amides is 2. The second-order valence-corrected chi connectivity index (χ2v) is 6.00. The van der Waals surface area contributed by atoms with Gasteiger partial charge in [-0.15, -0.1) is 0 Å². The summed E-state index contributed by atoms with van der Waals surface area (Å²) in [5.41, 5.74) is -0.0863. The van der Waals surface area contributed by atoms with E-state index in [-0.39, 0.29) is 49.3 Å². The lowest BCUT2D eigenvalue weighted by molar-refractivity contribution is -0.384. The molecule has 10 nitrogen and oxygen atoms in total. The van der Waals surface area contributed by atoms with Gasteiger partial charge in [0.15, 0.2) is 6.61 Å². The van der Waals surface area contributed by atoms with E-state index in [0.29, 0.717) is 0 Å². The van der Waals surface area contributed by atoms with E-state index in [1.165, 1.54) is 23.1 Å². The maximum absolute atomic E-state index is 12.6. The first-order valence-corrected chi connectivity index (χ1v) is 7.93. The Kier molecular flexibility index (Phi) is 5.75. The number of carbonyl (C=O) groups is 3. The third-order valence-corrected chi connectivity index (χ3v) is 3.90. The number of non-ortho nitro benzene ring substituents is 1. The van der Waals surface area contributed by atoms with Crippen LogP contribution < -0.4 is 9.64 Å². The Hall–Kier alpha value is -3.17. The Bertz CT molecular complexity index is 747. The summed E-state index contributed by atoms with van der Waals surface area (Å²) in [5, 5.41) is 19.8. The van der Waals surface area contributed by atoms with Crippen molar-refractivity contribution in [2.45, 2.75) is 26.3 Å². The Balaban J connectivity index is 2.26. The SMILES string of the molecule is CC(C)N(CCC(=O)O)C(=O)CN1C(=O)COc2ccc([N+](=O)[O-])cc21. The molecule has 0 atom stereocenters. The van der Waals surface area contributed by atoms with Gasteiger partial charge in [0.05, 0.1) is 17.0 Å². The smallest absolute Gasteiger partial charge is 0.305 e. The first-order valence-electron chi connectivity index (χ1n) is 7.93. The molecule has 1 aliphatic heterocycles. The van der Waals surface area contributed by atoms with Crippen molar-refractivity contribution in [1.82, 2.24) is 4.90 Å². The van der Waals surface area contributed by atoms with Crippen molar-refractivity contribution in [3.05, 3.63) is 28.3 Å². The summed E-state index contributed by atoms with van der Waals surface area (Å²) < 4.78 is 5.25. The topological polar surface area (TPSA) is 130 Å². The van der Waals surface area contributed by atoms with Gasteiger partial charge < -0.3 is 14.7 Å². The number of hydrogen-bond donors (Lipinski definition) is 1. The summed E-state index contributed by atoms with van der Waals surface area (Å²) in [6.07, 6.45) is -0.219. The normalized spacial score (nSPS) is 13.2. The van der Waals surface area contributed by atoms with Gasteiger partial charge in [-0.05, 0) is 19.9 Å². The average molecular weight is 365 g/mol. The molecule has 1 aliphatic rings. The molecule has 0 aromatic heterocycles. The second kappa shape index (κ2) is 7.81. The van der Waals surface area contributed by atoms with E-state index in [2.05, 4.69) is 0 Å². The monoisotopic (exact) mass is 365 g/mol. The standard InChI is InChI=1S/C16H19N3O7/c1-10(2)17(6-5-16(22)23)14(20)8-18-12-7-11(19(24)25)3-4-13(12)26-9-15(18)21/h3-4,7,10H,5-6,8-9H2,1-2H3,(H,22,23). The van der Waals surface area contributed by atoms with Crippen molar-refractivity contribution < 1.29 is 29.2 Å². The molecule has 0 saturated carbocycles. The van der Waals surface area contributed by atoms with Gasteiger partial charge in [-0.1, -0.05) is 0 Å². The van der Waals surface area contributed by atoms with E-state index in [1.807, 2.05) is 0 Å². The van der Waals surface area contributed by atoms with E-state index in [9.17, 15) is 24.5 Å². The second-order valence-electron chi connectivity index (χ2n) is 6.00. The lowest BCUT2D eigenvalue weighted by Crippen LogP contribution is -2.48. The summed E-state index contributed by atoms with van der Waals surface area (Å²) in [5.74, 6) is -1.72. The fraction of sp³-hybridized carbons (Fsp3) is 0.438. The molecule has 0 radical (unpaired) electrons. The number of aliphatic carboxylic acids is 1. The number of carboxylic acid groups (broad SMARTS) is 1. The van der Waals surface area contributed by atoms with Gasteiger partial charge in [0.25, 0.3) is 11.6 Å². The summed E-state index contributed by atoms with van der Waals surface area (Å²) in [6, 6.07) is 3.54. The summed E-state index contributed by atoms with van der Waals surface area (Å²) >= 11 is 0. The van der Waals surface area contributed by atoms with Gasteiger partial charge in [0, 0.05) is 24.7 Å². The lowest BCUT2D eigenvalue weighted by atomic mass is 10.2. The first-order chi connectivity index (χ1) is 12.2. The highest BCUT2D eigenvalue weighted by atomic mass is 16.6. The lowest BCUT2D eigenvalue weighted by Gasteiger charge is -2.32. The van der Waals surface area contributed by atoms with Crippen LogP contribution in [-0.4, -0.2) is 58.5 Å². The highest BCUT2D eigenvalue weighted by Gasteiger charge is 2.31. The predicted molar refractivity (Wildman–Crippen MR) is 90.0 cm³/mol. The maximum Gasteiger partial charge on any atom is 0.305 e. The van der Waals surface area contributed by atoms with Crippen LogP contribution in [0, 0.1) is 10.1 Å². The number of ether oxygens (including phenoxy) is 1. The van der Waals surface area contributed by atoms with Crippen LogP contribution in [0.25, 0.3) is 0 Å². The van der Waals surface area contributed by atoms with Crippen LogP contribution in [0.1, 0.15) is 20.3 Å². The highest BCUT2D eigenvalue weighted by molar-refractivity contribution is 6.02. The third kappa shape index (κ3) is 4.26.